The minimum absolute atomic E-state index is 0.0299. The SMILES string of the molecule is COc1cc2c(cc1OCc1cccc(COc3cc4c(cc3OC)C(=O)CN3Cc5ccccc5CC3C(O)N4C(=O)OCc3ccc(NC(=O)[C@H](C)NC(=O)[C@@H](N)C(C)C)cc3)n1)N=C[C@@H]1Cc3ccccc3CN1C2=O. The van der Waals surface area contributed by atoms with Gasteiger partial charge in [-0.1, -0.05) is 80.6 Å². The first-order valence-corrected chi connectivity index (χ1v) is 26.2. The van der Waals surface area contributed by atoms with Gasteiger partial charge in [-0.2, -0.15) is 0 Å². The van der Waals surface area contributed by atoms with Crippen molar-refractivity contribution in [2.24, 2.45) is 16.6 Å². The molecule has 6 aromatic rings. The highest BCUT2D eigenvalue weighted by Crippen LogP contribution is 2.42. The van der Waals surface area contributed by atoms with Gasteiger partial charge in [-0.25, -0.2) is 9.69 Å². The van der Waals surface area contributed by atoms with Gasteiger partial charge < -0.3 is 50.1 Å². The molecular weight excluding hydrogens is 1010 g/mol. The maximum absolute atomic E-state index is 14.6. The molecule has 4 amide bonds. The van der Waals surface area contributed by atoms with E-state index in [0.29, 0.717) is 71.3 Å². The molecule has 4 aliphatic rings. The van der Waals surface area contributed by atoms with Gasteiger partial charge >= 0.3 is 6.09 Å². The van der Waals surface area contributed by atoms with Gasteiger partial charge in [0.05, 0.1) is 67.2 Å². The van der Waals surface area contributed by atoms with Gasteiger partial charge in [-0.3, -0.25) is 34.1 Å². The number of aliphatic imine (C=N–C) groups is 1. The predicted molar refractivity (Wildman–Crippen MR) is 294 cm³/mol. The van der Waals surface area contributed by atoms with Crippen molar-refractivity contribution in [3.63, 3.8) is 0 Å². The van der Waals surface area contributed by atoms with Crippen molar-refractivity contribution < 1.29 is 52.8 Å². The van der Waals surface area contributed by atoms with Gasteiger partial charge in [-0.15, -0.1) is 0 Å². The number of Topliss-reactive ketones (excluding diaryl/α,β-unsaturated/α-hetero) is 1. The number of aliphatic hydroxyl groups excluding tert-OH is 1. The lowest BCUT2D eigenvalue weighted by molar-refractivity contribution is -0.127. The number of nitrogens with one attached hydrogen (secondary N) is 2. The number of amides is 4. The predicted octanol–water partition coefficient (Wildman–Crippen LogP) is 7.05. The second kappa shape index (κ2) is 23.1. The number of carbonyl (C=O) groups is 5. The van der Waals surface area contributed by atoms with Crippen LogP contribution < -0.4 is 40.2 Å². The molecule has 10 rings (SSSR count). The molecule has 5 heterocycles. The number of nitrogens with zero attached hydrogens (tertiary/aromatic N) is 5. The molecule has 0 spiro atoms. The van der Waals surface area contributed by atoms with Crippen LogP contribution in [0.15, 0.2) is 120 Å². The highest BCUT2D eigenvalue weighted by Gasteiger charge is 2.43. The van der Waals surface area contributed by atoms with Crippen LogP contribution in [0.3, 0.4) is 0 Å². The first-order valence-electron chi connectivity index (χ1n) is 26.2. The van der Waals surface area contributed by atoms with Crippen molar-refractivity contribution in [3.05, 3.63) is 166 Å². The standard InChI is InChI=1S/C60H62N8O11/c1-34(2)55(61)57(71)63-35(3)56(70)65-41-19-17-36(18-20-41)31-79-60(74)68-48-26-54(52(76-5)24-46(48)50(69)30-66-28-39-13-8-7-12-38(39)22-49(66)59(68)73)78-33-43-16-10-15-42(64-43)32-77-53-25-47-45(23-51(53)75-4)58(72)67-29-40-14-9-6-11-37(40)21-44(67)27-62-47/h6-20,23-27,34-35,44,49,55,59,73H,21-22,28-33,61H2,1-5H3,(H,63,71)(H,65,70)/t35-,44-,49?,55-,59?/m0/s1. The molecule has 408 valence electrons. The highest BCUT2D eigenvalue weighted by atomic mass is 16.6. The van der Waals surface area contributed by atoms with Crippen molar-refractivity contribution in [2.45, 2.75) is 96.9 Å². The van der Waals surface area contributed by atoms with Gasteiger partial charge in [0.1, 0.15) is 25.9 Å². The molecule has 1 aromatic heterocycles. The van der Waals surface area contributed by atoms with Crippen LogP contribution in [0.2, 0.25) is 0 Å². The molecule has 0 saturated heterocycles. The number of rotatable bonds is 15. The number of ketones is 1. The highest BCUT2D eigenvalue weighted by molar-refractivity contribution is 6.07. The van der Waals surface area contributed by atoms with Crippen LogP contribution in [0.4, 0.5) is 21.9 Å². The minimum Gasteiger partial charge on any atom is -0.493 e. The van der Waals surface area contributed by atoms with Crippen molar-refractivity contribution >= 4 is 52.9 Å². The number of aliphatic hydroxyl groups is 1. The molecule has 0 fully saturated rings. The molecule has 0 aliphatic carbocycles. The summed E-state index contributed by atoms with van der Waals surface area (Å²) in [6, 6.07) is 31.8. The van der Waals surface area contributed by atoms with Gasteiger partial charge in [-0.05, 0) is 89.9 Å². The molecule has 5 aromatic carbocycles. The number of anilines is 2. The Morgan fingerprint density at radius 3 is 1.99 bits per heavy atom. The number of carbonyl (C=O) groups excluding carboxylic acids is 5. The molecule has 0 bridgehead atoms. The van der Waals surface area contributed by atoms with Crippen LogP contribution in [-0.4, -0.2) is 107 Å². The minimum atomic E-state index is -1.49. The number of aromatic nitrogens is 1. The number of hydrogen-bond acceptors (Lipinski definition) is 15. The third-order valence-corrected chi connectivity index (χ3v) is 14.8. The second-order valence-corrected chi connectivity index (χ2v) is 20.4. The lowest BCUT2D eigenvalue weighted by Crippen LogP contribution is -2.58. The molecule has 2 unspecified atom stereocenters. The summed E-state index contributed by atoms with van der Waals surface area (Å²) in [4.78, 5) is 82.7. The summed E-state index contributed by atoms with van der Waals surface area (Å²) < 4.78 is 30.1. The summed E-state index contributed by atoms with van der Waals surface area (Å²) in [5.74, 6) is -0.335. The molecule has 0 saturated carbocycles. The van der Waals surface area contributed by atoms with Crippen LogP contribution in [0, 0.1) is 5.92 Å². The van der Waals surface area contributed by atoms with Crippen molar-refractivity contribution in [1.29, 1.82) is 0 Å². The van der Waals surface area contributed by atoms with Gasteiger partial charge in [0.25, 0.3) is 5.91 Å². The fraction of sp³-hybridized carbons (Fsp3) is 0.317. The van der Waals surface area contributed by atoms with E-state index in [1.807, 2.05) is 78.4 Å². The van der Waals surface area contributed by atoms with E-state index in [1.54, 1.807) is 55.5 Å². The third-order valence-electron chi connectivity index (χ3n) is 14.8. The number of ether oxygens (including phenoxy) is 5. The van der Waals surface area contributed by atoms with E-state index in [9.17, 15) is 29.1 Å². The number of nitrogens with two attached hydrogens (primary N) is 1. The lowest BCUT2D eigenvalue weighted by Gasteiger charge is -2.44. The van der Waals surface area contributed by atoms with E-state index >= 15 is 0 Å². The Bertz CT molecular complexity index is 3350. The molecule has 19 heteroatoms. The van der Waals surface area contributed by atoms with Crippen LogP contribution >= 0.6 is 0 Å². The Labute approximate surface area is 457 Å². The normalized spacial score (nSPS) is 18.2. The Kier molecular flexibility index (Phi) is 15.7. The monoisotopic (exact) mass is 1070 g/mol. The van der Waals surface area contributed by atoms with Crippen LogP contribution in [0.1, 0.15) is 80.7 Å². The van der Waals surface area contributed by atoms with E-state index in [-0.39, 0.29) is 72.8 Å². The van der Waals surface area contributed by atoms with Crippen molar-refractivity contribution in [3.8, 4) is 23.0 Å². The fourth-order valence-corrected chi connectivity index (χ4v) is 10.2. The molecule has 5 N–H and O–H groups in total. The van der Waals surface area contributed by atoms with E-state index in [4.69, 9.17) is 39.4 Å². The zero-order valence-electron chi connectivity index (χ0n) is 44.5. The maximum atomic E-state index is 14.6. The van der Waals surface area contributed by atoms with Crippen LogP contribution in [0.25, 0.3) is 0 Å². The second-order valence-electron chi connectivity index (χ2n) is 20.4. The molecular formula is C60H62N8O11. The zero-order chi connectivity index (χ0) is 55.5. The molecule has 0 radical (unpaired) electrons. The Hall–Kier alpha value is -8.65. The molecule has 19 nitrogen and oxygen atoms in total. The molecule has 79 heavy (non-hydrogen) atoms. The molecule has 5 atom stereocenters. The Balaban J connectivity index is 0.857. The lowest BCUT2D eigenvalue weighted by atomic mass is 9.90. The van der Waals surface area contributed by atoms with Gasteiger partial charge in [0.15, 0.2) is 35.0 Å². The van der Waals surface area contributed by atoms with Crippen molar-refractivity contribution in [2.75, 3.05) is 31.0 Å². The topological polar surface area (TPSA) is 237 Å². The summed E-state index contributed by atoms with van der Waals surface area (Å²) in [5, 5.41) is 17.8. The number of hydrogen-bond donors (Lipinski definition) is 4. The van der Waals surface area contributed by atoms with Crippen LogP contribution in [-0.2, 0) is 60.1 Å². The Morgan fingerprint density at radius 1 is 0.709 bits per heavy atom. The number of pyridine rings is 1. The first-order chi connectivity index (χ1) is 38.2. The number of benzene rings is 5. The van der Waals surface area contributed by atoms with Gasteiger partial charge in [0.2, 0.25) is 11.8 Å². The largest absolute Gasteiger partial charge is 0.493 e. The summed E-state index contributed by atoms with van der Waals surface area (Å²) in [6.07, 6.45) is 0.408. The third kappa shape index (κ3) is 11.5. The first kappa shape index (κ1) is 53.7. The average molecular weight is 1070 g/mol. The molecule has 4 aliphatic heterocycles. The quantitative estimate of drug-likeness (QED) is 0.0807. The Morgan fingerprint density at radius 2 is 1.33 bits per heavy atom. The summed E-state index contributed by atoms with van der Waals surface area (Å²) in [5.41, 5.74) is 13.4. The number of fused-ring (bicyclic) bond motifs is 6. The average Bonchev–Trinajstić information content (AvgIpc) is 3.87. The van der Waals surface area contributed by atoms with E-state index in [2.05, 4.69) is 16.7 Å². The van der Waals surface area contributed by atoms with E-state index in [0.717, 1.165) is 21.6 Å². The zero-order valence-corrected chi connectivity index (χ0v) is 44.5. The van der Waals surface area contributed by atoms with Crippen LogP contribution in [0.5, 0.6) is 23.0 Å². The summed E-state index contributed by atoms with van der Waals surface area (Å²) in [6.45, 7) is 5.71. The van der Waals surface area contributed by atoms with Gasteiger partial charge in [0, 0.05) is 42.7 Å². The summed E-state index contributed by atoms with van der Waals surface area (Å²) >= 11 is 0. The smallest absolute Gasteiger partial charge is 0.416 e. The van der Waals surface area contributed by atoms with E-state index in [1.165, 1.54) is 31.9 Å². The van der Waals surface area contributed by atoms with Crippen molar-refractivity contribution in [1.82, 2.24) is 20.1 Å². The number of methoxy groups -OCH3 is 2. The fourth-order valence-electron chi connectivity index (χ4n) is 10.2. The maximum Gasteiger partial charge on any atom is 0.416 e. The summed E-state index contributed by atoms with van der Waals surface area (Å²) in [7, 11) is 2.96. The van der Waals surface area contributed by atoms with E-state index < -0.39 is 42.3 Å².